The van der Waals surface area contributed by atoms with Crippen LogP contribution in [0.5, 0.6) is 0 Å². The standard InChI is InChI=1S/C19H18N2OS/c1-21(12-18-20-16-7-2-3-8-17(16)23-18)19(22)15-10-9-13-5-4-6-14(13)11-15/h2-3,7-11H,4-6,12H2,1H3. The number of aromatic nitrogens is 1. The average Bonchev–Trinajstić information content (AvgIpc) is 3.18. The predicted octanol–water partition coefficient (Wildman–Crippen LogP) is 4.06. The van der Waals surface area contributed by atoms with Crippen LogP contribution in [0.15, 0.2) is 42.5 Å². The summed E-state index contributed by atoms with van der Waals surface area (Å²) in [5.74, 6) is 0.0685. The summed E-state index contributed by atoms with van der Waals surface area (Å²) in [4.78, 5) is 19.0. The second kappa shape index (κ2) is 5.78. The first-order valence-corrected chi connectivity index (χ1v) is 8.74. The Labute approximate surface area is 139 Å². The number of carbonyl (C=O) groups is 1. The van der Waals surface area contributed by atoms with Crippen molar-refractivity contribution in [3.8, 4) is 0 Å². The fraction of sp³-hybridized carbons (Fsp3) is 0.263. The maximum absolute atomic E-state index is 12.7. The number of carbonyl (C=O) groups excluding carboxylic acids is 1. The smallest absolute Gasteiger partial charge is 0.253 e. The molecule has 4 heteroatoms. The molecule has 1 aromatic heterocycles. The fourth-order valence-electron chi connectivity index (χ4n) is 3.19. The number of para-hydroxylation sites is 1. The van der Waals surface area contributed by atoms with Gasteiger partial charge in [0.25, 0.3) is 5.91 Å². The van der Waals surface area contributed by atoms with E-state index in [4.69, 9.17) is 0 Å². The Balaban J connectivity index is 1.54. The second-order valence-corrected chi connectivity index (χ2v) is 7.19. The lowest BCUT2D eigenvalue weighted by molar-refractivity contribution is 0.0785. The van der Waals surface area contributed by atoms with Crippen LogP contribution in [0.1, 0.15) is 32.9 Å². The van der Waals surface area contributed by atoms with Crippen molar-refractivity contribution in [2.45, 2.75) is 25.8 Å². The van der Waals surface area contributed by atoms with Crippen molar-refractivity contribution in [2.24, 2.45) is 0 Å². The molecule has 3 aromatic rings. The van der Waals surface area contributed by atoms with E-state index in [1.54, 1.807) is 16.2 Å². The summed E-state index contributed by atoms with van der Waals surface area (Å²) in [7, 11) is 1.85. The zero-order chi connectivity index (χ0) is 15.8. The third-order valence-corrected chi connectivity index (χ3v) is 5.42. The molecule has 1 aliphatic rings. The molecular formula is C19H18N2OS. The van der Waals surface area contributed by atoms with Gasteiger partial charge >= 0.3 is 0 Å². The van der Waals surface area contributed by atoms with Crippen LogP contribution in [0.25, 0.3) is 10.2 Å². The minimum absolute atomic E-state index is 0.0685. The zero-order valence-corrected chi connectivity index (χ0v) is 13.9. The van der Waals surface area contributed by atoms with Gasteiger partial charge in [-0.3, -0.25) is 4.79 Å². The van der Waals surface area contributed by atoms with E-state index in [2.05, 4.69) is 23.2 Å². The predicted molar refractivity (Wildman–Crippen MR) is 93.9 cm³/mol. The number of aryl methyl sites for hydroxylation is 2. The van der Waals surface area contributed by atoms with Crippen LogP contribution in [0, 0.1) is 0 Å². The molecule has 0 N–H and O–H groups in total. The summed E-state index contributed by atoms with van der Waals surface area (Å²) in [5.41, 5.74) is 4.53. The van der Waals surface area contributed by atoms with Crippen molar-refractivity contribution in [3.63, 3.8) is 0 Å². The van der Waals surface area contributed by atoms with Crippen molar-refractivity contribution < 1.29 is 4.79 Å². The van der Waals surface area contributed by atoms with Gasteiger partial charge in [-0.15, -0.1) is 11.3 Å². The topological polar surface area (TPSA) is 33.2 Å². The van der Waals surface area contributed by atoms with Gasteiger partial charge in [0.2, 0.25) is 0 Å². The van der Waals surface area contributed by atoms with Gasteiger partial charge in [-0.05, 0) is 54.7 Å². The van der Waals surface area contributed by atoms with Gasteiger partial charge in [0.1, 0.15) is 5.01 Å². The minimum atomic E-state index is 0.0685. The van der Waals surface area contributed by atoms with E-state index in [1.165, 1.54) is 22.2 Å². The van der Waals surface area contributed by atoms with Gasteiger partial charge in [0, 0.05) is 12.6 Å². The minimum Gasteiger partial charge on any atom is -0.335 e. The quantitative estimate of drug-likeness (QED) is 0.728. The number of nitrogens with zero attached hydrogens (tertiary/aromatic N) is 2. The number of amides is 1. The van der Waals surface area contributed by atoms with Gasteiger partial charge in [0.05, 0.1) is 16.8 Å². The largest absolute Gasteiger partial charge is 0.335 e. The van der Waals surface area contributed by atoms with Crippen LogP contribution in [0.3, 0.4) is 0 Å². The lowest BCUT2D eigenvalue weighted by Crippen LogP contribution is -2.26. The normalized spacial score (nSPS) is 13.3. The highest BCUT2D eigenvalue weighted by Crippen LogP contribution is 2.25. The van der Waals surface area contributed by atoms with Crippen LogP contribution in [-0.2, 0) is 19.4 Å². The third-order valence-electron chi connectivity index (χ3n) is 4.40. The first-order chi connectivity index (χ1) is 11.2. The molecule has 0 radical (unpaired) electrons. The summed E-state index contributed by atoms with van der Waals surface area (Å²) in [6.45, 7) is 0.551. The molecule has 1 aliphatic carbocycles. The van der Waals surface area contributed by atoms with E-state index >= 15 is 0 Å². The molecule has 0 saturated carbocycles. The molecule has 0 atom stereocenters. The highest BCUT2D eigenvalue weighted by Gasteiger charge is 2.17. The lowest BCUT2D eigenvalue weighted by atomic mass is 10.1. The number of benzene rings is 2. The van der Waals surface area contributed by atoms with Gasteiger partial charge in [0.15, 0.2) is 0 Å². The number of rotatable bonds is 3. The molecule has 0 fully saturated rings. The maximum atomic E-state index is 12.7. The summed E-state index contributed by atoms with van der Waals surface area (Å²) < 4.78 is 1.17. The van der Waals surface area contributed by atoms with E-state index in [0.717, 1.165) is 28.9 Å². The lowest BCUT2D eigenvalue weighted by Gasteiger charge is -2.16. The Morgan fingerprint density at radius 2 is 2.00 bits per heavy atom. The van der Waals surface area contributed by atoms with Crippen LogP contribution in [-0.4, -0.2) is 22.8 Å². The third kappa shape index (κ3) is 2.75. The van der Waals surface area contributed by atoms with Crippen molar-refractivity contribution in [1.82, 2.24) is 9.88 Å². The SMILES string of the molecule is CN(Cc1nc2ccccc2s1)C(=O)c1ccc2c(c1)CCC2. The van der Waals surface area contributed by atoms with Crippen LogP contribution >= 0.6 is 11.3 Å². The average molecular weight is 322 g/mol. The Kier molecular flexibility index (Phi) is 3.62. The van der Waals surface area contributed by atoms with Crippen molar-refractivity contribution in [1.29, 1.82) is 0 Å². The second-order valence-electron chi connectivity index (χ2n) is 6.07. The van der Waals surface area contributed by atoms with E-state index in [-0.39, 0.29) is 5.91 Å². The summed E-state index contributed by atoms with van der Waals surface area (Å²) >= 11 is 1.65. The molecule has 0 unspecified atom stereocenters. The number of hydrogen-bond acceptors (Lipinski definition) is 3. The highest BCUT2D eigenvalue weighted by molar-refractivity contribution is 7.18. The maximum Gasteiger partial charge on any atom is 0.253 e. The molecule has 0 saturated heterocycles. The molecule has 2 aromatic carbocycles. The van der Waals surface area contributed by atoms with Crippen molar-refractivity contribution >= 4 is 27.5 Å². The van der Waals surface area contributed by atoms with E-state index in [0.29, 0.717) is 6.54 Å². The molecule has 0 aliphatic heterocycles. The number of hydrogen-bond donors (Lipinski definition) is 0. The van der Waals surface area contributed by atoms with Gasteiger partial charge < -0.3 is 4.90 Å². The molecule has 3 nitrogen and oxygen atoms in total. The summed E-state index contributed by atoms with van der Waals surface area (Å²) in [5, 5.41) is 0.975. The Bertz CT molecular complexity index is 851. The van der Waals surface area contributed by atoms with E-state index < -0.39 is 0 Å². The van der Waals surface area contributed by atoms with Crippen LogP contribution in [0.2, 0.25) is 0 Å². The Morgan fingerprint density at radius 1 is 1.17 bits per heavy atom. The molecular weight excluding hydrogens is 304 g/mol. The van der Waals surface area contributed by atoms with Gasteiger partial charge in [-0.25, -0.2) is 4.98 Å². The summed E-state index contributed by atoms with van der Waals surface area (Å²) in [6, 6.07) is 14.2. The van der Waals surface area contributed by atoms with Crippen LogP contribution < -0.4 is 0 Å². The monoisotopic (exact) mass is 322 g/mol. The fourth-order valence-corrected chi connectivity index (χ4v) is 4.21. The van der Waals surface area contributed by atoms with E-state index in [1.807, 2.05) is 31.3 Å². The molecule has 0 bridgehead atoms. The molecule has 116 valence electrons. The molecule has 4 rings (SSSR count). The van der Waals surface area contributed by atoms with Crippen molar-refractivity contribution in [3.05, 3.63) is 64.2 Å². The highest BCUT2D eigenvalue weighted by atomic mass is 32.1. The first kappa shape index (κ1) is 14.4. The van der Waals surface area contributed by atoms with Crippen molar-refractivity contribution in [2.75, 3.05) is 7.05 Å². The Morgan fingerprint density at radius 3 is 2.87 bits per heavy atom. The Hall–Kier alpha value is -2.20. The molecule has 0 spiro atoms. The van der Waals surface area contributed by atoms with E-state index in [9.17, 15) is 4.79 Å². The number of fused-ring (bicyclic) bond motifs is 2. The van der Waals surface area contributed by atoms with Gasteiger partial charge in [-0.1, -0.05) is 18.2 Å². The number of thiazole rings is 1. The zero-order valence-electron chi connectivity index (χ0n) is 13.1. The first-order valence-electron chi connectivity index (χ1n) is 7.92. The molecule has 23 heavy (non-hydrogen) atoms. The molecule has 1 amide bonds. The summed E-state index contributed by atoms with van der Waals surface area (Å²) in [6.07, 6.45) is 3.44. The van der Waals surface area contributed by atoms with Gasteiger partial charge in [-0.2, -0.15) is 0 Å². The van der Waals surface area contributed by atoms with Crippen LogP contribution in [0.4, 0.5) is 0 Å². The molecule has 1 heterocycles.